The molecule has 0 spiro atoms. The Labute approximate surface area is 54.6 Å². The first-order valence-electron chi connectivity index (χ1n) is 3.03. The van der Waals surface area contributed by atoms with Gasteiger partial charge in [-0.15, -0.1) is 0 Å². The summed E-state index contributed by atoms with van der Waals surface area (Å²) in [7, 11) is 0. The van der Waals surface area contributed by atoms with Crippen LogP contribution in [-0.4, -0.2) is 10.2 Å². The summed E-state index contributed by atoms with van der Waals surface area (Å²) in [5.41, 5.74) is 1.09. The maximum absolute atomic E-state index is 3.98. The number of H-pyrrole nitrogens is 1. The van der Waals surface area contributed by atoms with Gasteiger partial charge in [-0.1, -0.05) is 12.2 Å². The van der Waals surface area contributed by atoms with Gasteiger partial charge >= 0.3 is 0 Å². The van der Waals surface area contributed by atoms with Crippen LogP contribution in [0.2, 0.25) is 0 Å². The average molecular weight is 122 g/mol. The molecule has 1 aromatic rings. The quantitative estimate of drug-likeness (QED) is 0.592. The van der Waals surface area contributed by atoms with Gasteiger partial charge in [-0.25, -0.2) is 0 Å². The van der Waals surface area contributed by atoms with Crippen molar-refractivity contribution in [1.82, 2.24) is 10.2 Å². The fourth-order valence-corrected chi connectivity index (χ4v) is 0.643. The summed E-state index contributed by atoms with van der Waals surface area (Å²) in [4.78, 5) is 0. The highest BCUT2D eigenvalue weighted by molar-refractivity contribution is 5.02. The van der Waals surface area contributed by atoms with E-state index in [0.717, 1.165) is 12.1 Å². The van der Waals surface area contributed by atoms with Crippen LogP contribution in [0.25, 0.3) is 0 Å². The zero-order valence-electron chi connectivity index (χ0n) is 5.46. The van der Waals surface area contributed by atoms with E-state index >= 15 is 0 Å². The van der Waals surface area contributed by atoms with Crippen molar-refractivity contribution in [3.8, 4) is 0 Å². The number of aromatic nitrogens is 2. The first-order valence-corrected chi connectivity index (χ1v) is 3.03. The van der Waals surface area contributed by atoms with E-state index in [1.54, 1.807) is 0 Å². The summed E-state index contributed by atoms with van der Waals surface area (Å²) in [5.74, 6) is 0. The standard InChI is InChI=1S/C7H10N2/c1-2-3-4-7-5-6-8-9-7/h2-3,5-6H,4H2,1H3,(H,8,9)/b3-2+. The number of rotatable bonds is 2. The van der Waals surface area contributed by atoms with Gasteiger partial charge in [0, 0.05) is 12.6 Å². The minimum Gasteiger partial charge on any atom is -0.285 e. The summed E-state index contributed by atoms with van der Waals surface area (Å²) in [6.45, 7) is 2.01. The molecule has 2 nitrogen and oxygen atoms in total. The summed E-state index contributed by atoms with van der Waals surface area (Å²) in [6, 6.07) is 1.97. The van der Waals surface area contributed by atoms with E-state index in [2.05, 4.69) is 16.3 Å². The minimum atomic E-state index is 0.931. The van der Waals surface area contributed by atoms with Crippen LogP contribution in [0, 0.1) is 0 Å². The van der Waals surface area contributed by atoms with E-state index < -0.39 is 0 Å². The largest absolute Gasteiger partial charge is 0.285 e. The zero-order valence-corrected chi connectivity index (χ0v) is 5.46. The predicted octanol–water partition coefficient (Wildman–Crippen LogP) is 1.53. The molecule has 1 aromatic heterocycles. The molecule has 0 atom stereocenters. The molecule has 0 bridgehead atoms. The van der Waals surface area contributed by atoms with Crippen LogP contribution in [-0.2, 0) is 6.42 Å². The van der Waals surface area contributed by atoms with E-state index in [1.165, 1.54) is 0 Å². The number of hydrogen-bond acceptors (Lipinski definition) is 1. The number of nitrogens with zero attached hydrogens (tertiary/aromatic N) is 1. The highest BCUT2D eigenvalue weighted by Crippen LogP contribution is 1.92. The molecule has 0 aliphatic heterocycles. The van der Waals surface area contributed by atoms with Crippen molar-refractivity contribution in [1.29, 1.82) is 0 Å². The van der Waals surface area contributed by atoms with Crippen molar-refractivity contribution in [2.45, 2.75) is 13.3 Å². The molecule has 0 unspecified atom stereocenters. The van der Waals surface area contributed by atoms with Crippen LogP contribution in [0.15, 0.2) is 24.4 Å². The van der Waals surface area contributed by atoms with Crippen molar-refractivity contribution in [3.63, 3.8) is 0 Å². The van der Waals surface area contributed by atoms with E-state index in [0.29, 0.717) is 0 Å². The highest BCUT2D eigenvalue weighted by atomic mass is 15.1. The third-order valence-corrected chi connectivity index (χ3v) is 1.12. The lowest BCUT2D eigenvalue weighted by Crippen LogP contribution is -1.78. The Bertz CT molecular complexity index is 175. The summed E-state index contributed by atoms with van der Waals surface area (Å²) in [6.07, 6.45) is 6.86. The molecule has 0 aromatic carbocycles. The third-order valence-electron chi connectivity index (χ3n) is 1.12. The second-order valence-electron chi connectivity index (χ2n) is 1.84. The molecule has 0 fully saturated rings. The second kappa shape index (κ2) is 3.07. The van der Waals surface area contributed by atoms with Crippen molar-refractivity contribution < 1.29 is 0 Å². The molecule has 1 rings (SSSR count). The lowest BCUT2D eigenvalue weighted by atomic mass is 10.3. The van der Waals surface area contributed by atoms with Crippen LogP contribution in [0.1, 0.15) is 12.6 Å². The Hall–Kier alpha value is -1.05. The first kappa shape index (κ1) is 6.08. The van der Waals surface area contributed by atoms with Crippen molar-refractivity contribution >= 4 is 0 Å². The van der Waals surface area contributed by atoms with Crippen LogP contribution >= 0.6 is 0 Å². The van der Waals surface area contributed by atoms with Gasteiger partial charge in [-0.3, -0.25) is 5.10 Å². The lowest BCUT2D eigenvalue weighted by Gasteiger charge is -1.81. The normalized spacial score (nSPS) is 10.8. The molecule has 0 saturated heterocycles. The van der Waals surface area contributed by atoms with Gasteiger partial charge in [0.15, 0.2) is 0 Å². The maximum atomic E-state index is 3.98. The molecular formula is C7H10N2. The molecule has 0 aliphatic rings. The number of aromatic amines is 1. The van der Waals surface area contributed by atoms with Crippen LogP contribution in [0.4, 0.5) is 0 Å². The van der Waals surface area contributed by atoms with Crippen LogP contribution in [0.3, 0.4) is 0 Å². The summed E-state index contributed by atoms with van der Waals surface area (Å²) < 4.78 is 0. The average Bonchev–Trinajstić information content (AvgIpc) is 2.34. The van der Waals surface area contributed by atoms with E-state index in [4.69, 9.17) is 0 Å². The van der Waals surface area contributed by atoms with Gasteiger partial charge in [0.1, 0.15) is 0 Å². The molecule has 9 heavy (non-hydrogen) atoms. The molecule has 0 aliphatic carbocycles. The molecule has 2 heteroatoms. The fraction of sp³-hybridized carbons (Fsp3) is 0.286. The fourth-order valence-electron chi connectivity index (χ4n) is 0.643. The second-order valence-corrected chi connectivity index (χ2v) is 1.84. The predicted molar refractivity (Wildman–Crippen MR) is 37.1 cm³/mol. The topological polar surface area (TPSA) is 28.7 Å². The van der Waals surface area contributed by atoms with E-state index in [9.17, 15) is 0 Å². The Morgan fingerprint density at radius 3 is 3.22 bits per heavy atom. The highest BCUT2D eigenvalue weighted by Gasteiger charge is 1.86. The number of nitrogens with one attached hydrogen (secondary N) is 1. The smallest absolute Gasteiger partial charge is 0.0659 e. The van der Waals surface area contributed by atoms with Crippen molar-refractivity contribution in [2.75, 3.05) is 0 Å². The Morgan fingerprint density at radius 2 is 2.67 bits per heavy atom. The van der Waals surface area contributed by atoms with Crippen LogP contribution < -0.4 is 0 Å². The first-order chi connectivity index (χ1) is 4.43. The van der Waals surface area contributed by atoms with Gasteiger partial charge in [-0.05, 0) is 13.0 Å². The van der Waals surface area contributed by atoms with Gasteiger partial charge < -0.3 is 0 Å². The van der Waals surface area contributed by atoms with Gasteiger partial charge in [-0.2, -0.15) is 5.10 Å². The van der Waals surface area contributed by atoms with Gasteiger partial charge in [0.2, 0.25) is 0 Å². The molecule has 0 saturated carbocycles. The van der Waals surface area contributed by atoms with E-state index in [1.807, 2.05) is 25.3 Å². The number of hydrogen-bond donors (Lipinski definition) is 1. The molecule has 48 valence electrons. The van der Waals surface area contributed by atoms with Gasteiger partial charge in [0.25, 0.3) is 0 Å². The van der Waals surface area contributed by atoms with E-state index in [-0.39, 0.29) is 0 Å². The maximum Gasteiger partial charge on any atom is 0.0659 e. The molecular weight excluding hydrogens is 112 g/mol. The zero-order chi connectivity index (χ0) is 6.53. The van der Waals surface area contributed by atoms with Crippen LogP contribution in [0.5, 0.6) is 0 Å². The minimum absolute atomic E-state index is 0.931. The molecule has 1 N–H and O–H groups in total. The third kappa shape index (κ3) is 1.72. The monoisotopic (exact) mass is 122 g/mol. The lowest BCUT2D eigenvalue weighted by molar-refractivity contribution is 1.01. The Balaban J connectivity index is 2.48. The number of allylic oxidation sites excluding steroid dienone is 2. The molecule has 0 radical (unpaired) electrons. The molecule has 0 amide bonds. The van der Waals surface area contributed by atoms with Gasteiger partial charge in [0.05, 0.1) is 5.69 Å². The van der Waals surface area contributed by atoms with Crippen molar-refractivity contribution in [2.24, 2.45) is 0 Å². The Kier molecular flexibility index (Phi) is 2.07. The Morgan fingerprint density at radius 1 is 1.78 bits per heavy atom. The summed E-state index contributed by atoms with van der Waals surface area (Å²) in [5, 5.41) is 6.73. The van der Waals surface area contributed by atoms with Crippen molar-refractivity contribution in [3.05, 3.63) is 30.1 Å². The summed E-state index contributed by atoms with van der Waals surface area (Å²) >= 11 is 0. The SMILES string of the molecule is C/C=C/Cc1cc[nH]n1. The molecule has 1 heterocycles.